The molecule has 0 aromatic heterocycles. The molecule has 1 aliphatic heterocycles. The van der Waals surface area contributed by atoms with Gasteiger partial charge in [0.2, 0.25) is 5.91 Å². The van der Waals surface area contributed by atoms with Gasteiger partial charge >= 0.3 is 0 Å². The molecule has 3 aliphatic rings. The maximum atomic E-state index is 13.2. The van der Waals surface area contributed by atoms with Gasteiger partial charge in [-0.3, -0.25) is 4.79 Å². The second-order valence-corrected chi connectivity index (χ2v) is 7.88. The summed E-state index contributed by atoms with van der Waals surface area (Å²) in [6, 6.07) is 9.11. The molecule has 0 radical (unpaired) electrons. The topological polar surface area (TPSA) is 46.3 Å². The van der Waals surface area contributed by atoms with E-state index in [2.05, 4.69) is 36.1 Å². The molecule has 4 rings (SSSR count). The number of benzene rings is 1. The second-order valence-electron chi connectivity index (χ2n) is 7.88. The summed E-state index contributed by atoms with van der Waals surface area (Å²) < 4.78 is 0. The lowest BCUT2D eigenvalue weighted by molar-refractivity contribution is -0.137. The minimum atomic E-state index is 0.0765. The third-order valence-corrected chi connectivity index (χ3v) is 6.44. The van der Waals surface area contributed by atoms with Crippen LogP contribution in [-0.2, 0) is 16.6 Å². The van der Waals surface area contributed by atoms with Crippen molar-refractivity contribution in [1.82, 2.24) is 4.90 Å². The molecule has 3 nitrogen and oxygen atoms in total. The molecule has 1 aromatic carbocycles. The van der Waals surface area contributed by atoms with E-state index >= 15 is 0 Å². The normalized spacial score (nSPS) is 34.1. The van der Waals surface area contributed by atoms with Crippen molar-refractivity contribution < 1.29 is 4.79 Å². The number of fused-ring (bicyclic) bond motifs is 2. The summed E-state index contributed by atoms with van der Waals surface area (Å²) in [6.45, 7) is 2.95. The molecular weight excluding hydrogens is 284 g/mol. The predicted octanol–water partition coefficient (Wildman–Crippen LogP) is 3.01. The molecule has 2 N–H and O–H groups in total. The Kier molecular flexibility index (Phi) is 3.72. The van der Waals surface area contributed by atoms with Crippen molar-refractivity contribution in [3.8, 4) is 0 Å². The van der Waals surface area contributed by atoms with E-state index in [0.29, 0.717) is 5.91 Å². The highest BCUT2D eigenvalue weighted by atomic mass is 16.2. The summed E-state index contributed by atoms with van der Waals surface area (Å²) in [5.41, 5.74) is 9.24. The fraction of sp³-hybridized carbons (Fsp3) is 0.650. The second kappa shape index (κ2) is 5.62. The van der Waals surface area contributed by atoms with Crippen LogP contribution in [0, 0.1) is 5.92 Å². The van der Waals surface area contributed by atoms with Gasteiger partial charge in [0.15, 0.2) is 0 Å². The van der Waals surface area contributed by atoms with E-state index < -0.39 is 0 Å². The van der Waals surface area contributed by atoms with Crippen LogP contribution in [0.1, 0.15) is 56.6 Å². The SMILES string of the molecule is CC(N)C1CCCCN1C(=O)C1CC12CCCc1ccccc12. The Hall–Kier alpha value is -1.35. The van der Waals surface area contributed by atoms with Gasteiger partial charge in [0.25, 0.3) is 0 Å². The molecule has 1 saturated carbocycles. The summed E-state index contributed by atoms with van der Waals surface area (Å²) in [7, 11) is 0. The van der Waals surface area contributed by atoms with E-state index in [1.54, 1.807) is 0 Å². The van der Waals surface area contributed by atoms with Crippen LogP contribution in [0.5, 0.6) is 0 Å². The van der Waals surface area contributed by atoms with E-state index in [9.17, 15) is 4.79 Å². The van der Waals surface area contributed by atoms with Crippen LogP contribution < -0.4 is 5.73 Å². The molecule has 1 saturated heterocycles. The van der Waals surface area contributed by atoms with E-state index in [1.807, 2.05) is 0 Å². The molecule has 23 heavy (non-hydrogen) atoms. The standard InChI is InChI=1S/C20H28N2O/c1-14(21)18-10-4-5-12-22(18)19(23)17-13-20(17)11-6-8-15-7-2-3-9-16(15)20/h2-3,7,9,14,17-18H,4-6,8,10-13,21H2,1H3. The number of aryl methyl sites for hydroxylation is 1. The molecule has 2 fully saturated rings. The van der Waals surface area contributed by atoms with Gasteiger partial charge < -0.3 is 10.6 Å². The lowest BCUT2D eigenvalue weighted by atomic mass is 9.78. The zero-order chi connectivity index (χ0) is 16.0. The van der Waals surface area contributed by atoms with Gasteiger partial charge in [0, 0.05) is 30.0 Å². The minimum absolute atomic E-state index is 0.0765. The molecule has 124 valence electrons. The molecular formula is C20H28N2O. The molecule has 0 bridgehead atoms. The zero-order valence-electron chi connectivity index (χ0n) is 14.1. The Balaban J connectivity index is 1.58. The lowest BCUT2D eigenvalue weighted by Crippen LogP contribution is -2.52. The van der Waals surface area contributed by atoms with E-state index in [-0.39, 0.29) is 23.4 Å². The van der Waals surface area contributed by atoms with Gasteiger partial charge in [-0.15, -0.1) is 0 Å². The Bertz CT molecular complexity index is 611. The first kappa shape index (κ1) is 15.2. The number of rotatable bonds is 2. The minimum Gasteiger partial charge on any atom is -0.338 e. The Morgan fingerprint density at radius 3 is 2.96 bits per heavy atom. The molecule has 1 aromatic rings. The van der Waals surface area contributed by atoms with Crippen LogP contribution in [0.25, 0.3) is 0 Å². The summed E-state index contributed by atoms with van der Waals surface area (Å²) in [4.78, 5) is 15.4. The lowest BCUT2D eigenvalue weighted by Gasteiger charge is -2.39. The molecule has 2 aliphatic carbocycles. The highest BCUT2D eigenvalue weighted by molar-refractivity contribution is 5.85. The van der Waals surface area contributed by atoms with Gasteiger partial charge in [-0.05, 0) is 63.0 Å². The number of hydrogen-bond donors (Lipinski definition) is 1. The van der Waals surface area contributed by atoms with Crippen LogP contribution >= 0.6 is 0 Å². The van der Waals surface area contributed by atoms with Crippen molar-refractivity contribution in [1.29, 1.82) is 0 Å². The van der Waals surface area contributed by atoms with E-state index in [0.717, 1.165) is 25.8 Å². The first-order valence-corrected chi connectivity index (χ1v) is 9.28. The fourth-order valence-electron chi connectivity index (χ4n) is 5.13. The average Bonchev–Trinajstić information content (AvgIpc) is 3.29. The maximum absolute atomic E-state index is 13.2. The zero-order valence-corrected chi connectivity index (χ0v) is 14.1. The number of carbonyl (C=O) groups is 1. The van der Waals surface area contributed by atoms with Crippen LogP contribution in [0.4, 0.5) is 0 Å². The van der Waals surface area contributed by atoms with E-state index in [4.69, 9.17) is 5.73 Å². The van der Waals surface area contributed by atoms with Gasteiger partial charge in [0.1, 0.15) is 0 Å². The number of amides is 1. The number of hydrogen-bond acceptors (Lipinski definition) is 2. The Labute approximate surface area is 139 Å². The number of nitrogens with two attached hydrogens (primary N) is 1. The Morgan fingerprint density at radius 2 is 2.13 bits per heavy atom. The van der Waals surface area contributed by atoms with Crippen LogP contribution in [0.2, 0.25) is 0 Å². The van der Waals surface area contributed by atoms with Crippen molar-refractivity contribution in [3.63, 3.8) is 0 Å². The summed E-state index contributed by atoms with van der Waals surface area (Å²) in [6.07, 6.45) is 8.02. The smallest absolute Gasteiger partial charge is 0.226 e. The van der Waals surface area contributed by atoms with E-state index in [1.165, 1.54) is 36.8 Å². The number of piperidine rings is 1. The highest BCUT2D eigenvalue weighted by Gasteiger charge is 2.61. The monoisotopic (exact) mass is 312 g/mol. The number of carbonyl (C=O) groups excluding carboxylic acids is 1. The van der Waals surface area contributed by atoms with Crippen LogP contribution in [0.3, 0.4) is 0 Å². The van der Waals surface area contributed by atoms with Crippen LogP contribution in [0.15, 0.2) is 24.3 Å². The third-order valence-electron chi connectivity index (χ3n) is 6.44. The molecule has 4 unspecified atom stereocenters. The first-order chi connectivity index (χ1) is 11.1. The van der Waals surface area contributed by atoms with Crippen molar-refractivity contribution in [2.75, 3.05) is 6.54 Å². The van der Waals surface area contributed by atoms with Gasteiger partial charge in [0.05, 0.1) is 0 Å². The van der Waals surface area contributed by atoms with Gasteiger partial charge in [-0.25, -0.2) is 0 Å². The highest BCUT2D eigenvalue weighted by Crippen LogP contribution is 2.61. The fourth-order valence-corrected chi connectivity index (χ4v) is 5.13. The first-order valence-electron chi connectivity index (χ1n) is 9.28. The summed E-state index contributed by atoms with van der Waals surface area (Å²) >= 11 is 0. The Morgan fingerprint density at radius 1 is 1.30 bits per heavy atom. The van der Waals surface area contributed by atoms with Gasteiger partial charge in [-0.1, -0.05) is 24.3 Å². The maximum Gasteiger partial charge on any atom is 0.226 e. The van der Waals surface area contributed by atoms with Crippen LogP contribution in [-0.4, -0.2) is 29.4 Å². The molecule has 4 atom stereocenters. The largest absolute Gasteiger partial charge is 0.338 e. The number of likely N-dealkylation sites (tertiary alicyclic amines) is 1. The van der Waals surface area contributed by atoms with Crippen molar-refractivity contribution >= 4 is 5.91 Å². The van der Waals surface area contributed by atoms with Crippen molar-refractivity contribution in [3.05, 3.63) is 35.4 Å². The quantitative estimate of drug-likeness (QED) is 0.912. The predicted molar refractivity (Wildman–Crippen MR) is 92.2 cm³/mol. The molecule has 1 amide bonds. The summed E-state index contributed by atoms with van der Waals surface area (Å²) in [5, 5.41) is 0. The van der Waals surface area contributed by atoms with Crippen molar-refractivity contribution in [2.24, 2.45) is 11.7 Å². The summed E-state index contributed by atoms with van der Waals surface area (Å²) in [5.74, 6) is 0.576. The molecule has 3 heteroatoms. The molecule has 1 heterocycles. The average molecular weight is 312 g/mol. The van der Waals surface area contributed by atoms with Gasteiger partial charge in [-0.2, -0.15) is 0 Å². The number of nitrogens with zero attached hydrogens (tertiary/aromatic N) is 1. The third kappa shape index (κ3) is 2.40. The molecule has 1 spiro atoms. The van der Waals surface area contributed by atoms with Crippen molar-refractivity contribution in [2.45, 2.75) is 69.4 Å².